The molecule has 1 atom stereocenters. The van der Waals surface area contributed by atoms with Gasteiger partial charge in [-0.25, -0.2) is 8.70 Å². The lowest BCUT2D eigenvalue weighted by Crippen LogP contribution is -2.44. The minimum Gasteiger partial charge on any atom is -0.355 e. The van der Waals surface area contributed by atoms with Gasteiger partial charge in [0.2, 0.25) is 0 Å². The molecule has 0 amide bonds. The lowest BCUT2D eigenvalue weighted by Gasteiger charge is -2.43. The van der Waals surface area contributed by atoms with Crippen LogP contribution in [0.1, 0.15) is 12.8 Å². The van der Waals surface area contributed by atoms with E-state index in [0.717, 1.165) is 46.7 Å². The highest BCUT2D eigenvalue weighted by molar-refractivity contribution is 7.97. The van der Waals surface area contributed by atoms with E-state index in [1.807, 2.05) is 18.2 Å². The smallest absolute Gasteiger partial charge is 0.131 e. The van der Waals surface area contributed by atoms with Crippen molar-refractivity contribution in [2.24, 2.45) is 5.41 Å². The molecule has 1 unspecified atom stereocenters. The highest BCUT2D eigenvalue weighted by atomic mass is 35.5. The zero-order valence-electron chi connectivity index (χ0n) is 16.5. The number of hydrogen-bond donors (Lipinski definition) is 2. The monoisotopic (exact) mass is 475 g/mol. The molecule has 1 saturated heterocycles. The zero-order valence-corrected chi connectivity index (χ0v) is 18.8. The average Bonchev–Trinajstić information content (AvgIpc) is 2.77. The Morgan fingerprint density at radius 3 is 2.61 bits per heavy atom. The summed E-state index contributed by atoms with van der Waals surface area (Å²) < 4.78 is 15.4. The third kappa shape index (κ3) is 4.72. The molecule has 0 bridgehead atoms. The van der Waals surface area contributed by atoms with E-state index in [9.17, 15) is 9.18 Å². The third-order valence-corrected chi connectivity index (χ3v) is 7.32. The maximum atomic E-state index is 13.2. The van der Waals surface area contributed by atoms with E-state index in [4.69, 9.17) is 28.6 Å². The average molecular weight is 476 g/mol. The van der Waals surface area contributed by atoms with Crippen LogP contribution in [0.5, 0.6) is 0 Å². The molecule has 0 radical (unpaired) electrons. The quantitative estimate of drug-likeness (QED) is 0.289. The first-order chi connectivity index (χ1) is 14.9. The standard InChI is InChI=1S/C23H20Cl2FN3OS/c24-20-6-5-19(10-21(20)25)31-29-8-7-16-9-22(28-18-3-1-17(26)2-4-18)15(12-27)11-23(16,13-29)14-30/h1-6,9-10,12,14,27-28H,7-8,11,13H2. The molecule has 2 N–H and O–H groups in total. The van der Waals surface area contributed by atoms with Crippen LogP contribution in [0, 0.1) is 16.6 Å². The van der Waals surface area contributed by atoms with Crippen LogP contribution >= 0.6 is 35.1 Å². The minimum absolute atomic E-state index is 0.305. The Morgan fingerprint density at radius 1 is 1.16 bits per heavy atom. The SMILES string of the molecule is N=CC1=C(Nc2ccc(F)cc2)C=C2CCN(Sc3ccc(Cl)c(Cl)c3)CC2(C=O)C1. The van der Waals surface area contributed by atoms with Crippen molar-refractivity contribution in [3.63, 3.8) is 0 Å². The number of anilines is 1. The number of piperidine rings is 1. The predicted molar refractivity (Wildman–Crippen MR) is 126 cm³/mol. The van der Waals surface area contributed by atoms with E-state index in [-0.39, 0.29) is 5.82 Å². The van der Waals surface area contributed by atoms with E-state index in [1.165, 1.54) is 18.3 Å². The molecule has 0 aromatic heterocycles. The number of aldehydes is 1. The van der Waals surface area contributed by atoms with Crippen LogP contribution < -0.4 is 5.32 Å². The van der Waals surface area contributed by atoms with Gasteiger partial charge in [-0.15, -0.1) is 0 Å². The molecule has 1 fully saturated rings. The highest BCUT2D eigenvalue weighted by Gasteiger charge is 2.42. The third-order valence-electron chi connectivity index (χ3n) is 5.55. The Balaban J connectivity index is 1.55. The number of fused-ring (bicyclic) bond motifs is 1. The van der Waals surface area contributed by atoms with E-state index in [0.29, 0.717) is 23.0 Å². The summed E-state index contributed by atoms with van der Waals surface area (Å²) in [5.41, 5.74) is 2.62. The summed E-state index contributed by atoms with van der Waals surface area (Å²) in [6.45, 7) is 1.31. The molecular formula is C23H20Cl2FN3OS. The molecule has 1 aliphatic heterocycles. The Kier molecular flexibility index (Phi) is 6.53. The van der Waals surface area contributed by atoms with Crippen molar-refractivity contribution in [1.29, 1.82) is 5.41 Å². The second-order valence-corrected chi connectivity index (χ2v) is 9.60. The van der Waals surface area contributed by atoms with Crippen molar-refractivity contribution in [3.05, 3.63) is 81.2 Å². The summed E-state index contributed by atoms with van der Waals surface area (Å²) in [6.07, 6.45) is 5.44. The number of allylic oxidation sites excluding steroid dienone is 2. The fraction of sp³-hybridized carbons (Fsp3) is 0.217. The van der Waals surface area contributed by atoms with Gasteiger partial charge >= 0.3 is 0 Å². The lowest BCUT2D eigenvalue weighted by molar-refractivity contribution is -0.115. The molecule has 2 aromatic carbocycles. The first-order valence-electron chi connectivity index (χ1n) is 9.74. The molecule has 160 valence electrons. The number of nitrogens with one attached hydrogen (secondary N) is 2. The van der Waals surface area contributed by atoms with Gasteiger partial charge in [-0.3, -0.25) is 0 Å². The molecule has 1 aliphatic carbocycles. The van der Waals surface area contributed by atoms with E-state index < -0.39 is 5.41 Å². The van der Waals surface area contributed by atoms with Crippen LogP contribution in [0.2, 0.25) is 10.0 Å². The molecular weight excluding hydrogens is 456 g/mol. The number of benzene rings is 2. The largest absolute Gasteiger partial charge is 0.355 e. The van der Waals surface area contributed by atoms with Gasteiger partial charge in [0.15, 0.2) is 0 Å². The summed E-state index contributed by atoms with van der Waals surface area (Å²) in [7, 11) is 0. The molecule has 31 heavy (non-hydrogen) atoms. The maximum Gasteiger partial charge on any atom is 0.131 e. The number of carbonyl (C=O) groups excluding carboxylic acids is 1. The molecule has 0 spiro atoms. The Labute approximate surface area is 194 Å². The van der Waals surface area contributed by atoms with Gasteiger partial charge in [0.05, 0.1) is 15.5 Å². The van der Waals surface area contributed by atoms with Crippen molar-refractivity contribution in [3.8, 4) is 0 Å². The van der Waals surface area contributed by atoms with Crippen molar-refractivity contribution in [2.45, 2.75) is 17.7 Å². The first kappa shape index (κ1) is 22.1. The van der Waals surface area contributed by atoms with Crippen molar-refractivity contribution in [2.75, 3.05) is 18.4 Å². The van der Waals surface area contributed by atoms with Crippen molar-refractivity contribution in [1.82, 2.24) is 4.31 Å². The van der Waals surface area contributed by atoms with E-state index >= 15 is 0 Å². The second kappa shape index (κ2) is 9.17. The Morgan fingerprint density at radius 2 is 1.94 bits per heavy atom. The summed E-state index contributed by atoms with van der Waals surface area (Å²) in [6, 6.07) is 11.6. The van der Waals surface area contributed by atoms with Crippen LogP contribution in [-0.4, -0.2) is 29.9 Å². The number of carbonyl (C=O) groups is 1. The van der Waals surface area contributed by atoms with Crippen LogP contribution in [-0.2, 0) is 4.79 Å². The van der Waals surface area contributed by atoms with Crippen LogP contribution in [0.25, 0.3) is 0 Å². The fourth-order valence-corrected chi connectivity index (χ4v) is 5.36. The molecule has 8 heteroatoms. The number of nitrogens with zero attached hydrogens (tertiary/aromatic N) is 1. The molecule has 2 aliphatic rings. The minimum atomic E-state index is -0.678. The molecule has 4 rings (SSSR count). The van der Waals surface area contributed by atoms with E-state index in [1.54, 1.807) is 30.1 Å². The summed E-state index contributed by atoms with van der Waals surface area (Å²) in [4.78, 5) is 13.3. The van der Waals surface area contributed by atoms with Gasteiger partial charge in [-0.2, -0.15) is 0 Å². The van der Waals surface area contributed by atoms with Gasteiger partial charge in [0, 0.05) is 35.6 Å². The predicted octanol–water partition coefficient (Wildman–Crippen LogP) is 6.38. The normalized spacial score (nSPS) is 21.3. The molecule has 4 nitrogen and oxygen atoms in total. The topological polar surface area (TPSA) is 56.2 Å². The molecule has 1 heterocycles. The molecule has 0 saturated carbocycles. The van der Waals surface area contributed by atoms with Gasteiger partial charge in [-0.1, -0.05) is 28.8 Å². The highest BCUT2D eigenvalue weighted by Crippen LogP contribution is 2.45. The summed E-state index contributed by atoms with van der Waals surface area (Å²) in [5.74, 6) is -0.305. The number of halogens is 3. The summed E-state index contributed by atoms with van der Waals surface area (Å²) in [5, 5.41) is 12.2. The van der Waals surface area contributed by atoms with Gasteiger partial charge in [0.25, 0.3) is 0 Å². The van der Waals surface area contributed by atoms with Crippen molar-refractivity contribution < 1.29 is 9.18 Å². The number of rotatable bonds is 6. The summed E-state index contributed by atoms with van der Waals surface area (Å²) >= 11 is 13.7. The first-order valence-corrected chi connectivity index (χ1v) is 11.3. The fourth-order valence-electron chi connectivity index (χ4n) is 3.93. The molecule has 2 aromatic rings. The van der Waals surface area contributed by atoms with Crippen LogP contribution in [0.15, 0.2) is 70.3 Å². The van der Waals surface area contributed by atoms with Crippen LogP contribution in [0.4, 0.5) is 10.1 Å². The van der Waals surface area contributed by atoms with Crippen molar-refractivity contribution >= 4 is 53.3 Å². The van der Waals surface area contributed by atoms with Gasteiger partial charge in [0.1, 0.15) is 12.1 Å². The lowest BCUT2D eigenvalue weighted by atomic mass is 9.69. The number of hydrogen-bond acceptors (Lipinski definition) is 5. The van der Waals surface area contributed by atoms with Gasteiger partial charge < -0.3 is 15.5 Å². The maximum absolute atomic E-state index is 13.2. The van der Waals surface area contributed by atoms with E-state index in [2.05, 4.69) is 9.62 Å². The van der Waals surface area contributed by atoms with Gasteiger partial charge in [-0.05, 0) is 78.9 Å². The Bertz CT molecular complexity index is 1090. The second-order valence-electron chi connectivity index (χ2n) is 7.62. The zero-order chi connectivity index (χ0) is 22.0. The Hall–Kier alpha value is -2.12. The van der Waals surface area contributed by atoms with Crippen LogP contribution in [0.3, 0.4) is 0 Å².